The molecule has 2 unspecified atom stereocenters. The highest BCUT2D eigenvalue weighted by molar-refractivity contribution is 5.68. The van der Waals surface area contributed by atoms with Crippen LogP contribution in [0.2, 0.25) is 0 Å². The lowest BCUT2D eigenvalue weighted by Gasteiger charge is -2.34. The van der Waals surface area contributed by atoms with Crippen LogP contribution in [0.1, 0.15) is 40.0 Å². The van der Waals surface area contributed by atoms with E-state index in [0.717, 1.165) is 25.9 Å². The van der Waals surface area contributed by atoms with Crippen LogP contribution in [0.3, 0.4) is 0 Å². The summed E-state index contributed by atoms with van der Waals surface area (Å²) in [5.74, 6) is 0.467. The van der Waals surface area contributed by atoms with E-state index in [-0.39, 0.29) is 18.2 Å². The van der Waals surface area contributed by atoms with Crippen molar-refractivity contribution < 1.29 is 14.3 Å². The van der Waals surface area contributed by atoms with Gasteiger partial charge in [0.05, 0.1) is 0 Å². The summed E-state index contributed by atoms with van der Waals surface area (Å²) in [6.45, 7) is 6.27. The fourth-order valence-corrected chi connectivity index (χ4v) is 2.29. The Kier molecular flexibility index (Phi) is 5.41. The number of nitrogens with two attached hydrogens (primary N) is 1. The van der Waals surface area contributed by atoms with Gasteiger partial charge in [-0.2, -0.15) is 0 Å². The van der Waals surface area contributed by atoms with Crippen molar-refractivity contribution in [2.24, 2.45) is 11.7 Å². The number of carbonyl (C=O) groups excluding carboxylic acids is 1. The highest BCUT2D eigenvalue weighted by atomic mass is 16.6. The van der Waals surface area contributed by atoms with E-state index in [2.05, 4.69) is 5.32 Å². The van der Waals surface area contributed by atoms with E-state index in [1.807, 2.05) is 20.8 Å². The van der Waals surface area contributed by atoms with Crippen LogP contribution in [-0.2, 0) is 9.47 Å². The zero-order valence-corrected chi connectivity index (χ0v) is 11.9. The van der Waals surface area contributed by atoms with Gasteiger partial charge in [-0.05, 0) is 46.0 Å². The fraction of sp³-hybridized carbons (Fsp3) is 0.923. The van der Waals surface area contributed by atoms with Gasteiger partial charge in [-0.25, -0.2) is 4.79 Å². The second kappa shape index (κ2) is 6.38. The Morgan fingerprint density at radius 1 is 1.39 bits per heavy atom. The second-order valence-electron chi connectivity index (χ2n) is 6.05. The van der Waals surface area contributed by atoms with Gasteiger partial charge in [-0.1, -0.05) is 0 Å². The van der Waals surface area contributed by atoms with Crippen LogP contribution in [0.15, 0.2) is 0 Å². The quantitative estimate of drug-likeness (QED) is 0.807. The van der Waals surface area contributed by atoms with Gasteiger partial charge < -0.3 is 20.5 Å². The third-order valence-corrected chi connectivity index (χ3v) is 3.12. The van der Waals surface area contributed by atoms with E-state index in [1.165, 1.54) is 0 Å². The lowest BCUT2D eigenvalue weighted by molar-refractivity contribution is 0.0454. The van der Waals surface area contributed by atoms with Gasteiger partial charge in [0.15, 0.2) is 0 Å². The Hall–Kier alpha value is -0.810. The van der Waals surface area contributed by atoms with Crippen molar-refractivity contribution in [1.82, 2.24) is 5.32 Å². The van der Waals surface area contributed by atoms with Crippen molar-refractivity contribution in [2.75, 3.05) is 13.7 Å². The molecule has 5 heteroatoms. The molecular formula is C13H26N2O3. The standard InChI is InChI=1S/C13H26N2O3/c1-13(2,3)18-12(16)15-11-7-9(8-17-4)5-6-10(11)14/h9-11H,5-8,14H2,1-4H3,(H,15,16)/t9-,10?,11?/m0/s1. The third kappa shape index (κ3) is 5.23. The predicted molar refractivity (Wildman–Crippen MR) is 70.4 cm³/mol. The van der Waals surface area contributed by atoms with Crippen molar-refractivity contribution >= 4 is 6.09 Å². The molecule has 18 heavy (non-hydrogen) atoms. The van der Waals surface area contributed by atoms with E-state index in [0.29, 0.717) is 5.92 Å². The van der Waals surface area contributed by atoms with Crippen LogP contribution in [0, 0.1) is 5.92 Å². The SMILES string of the molecule is COC[C@H]1CCC(N)C(NC(=O)OC(C)(C)C)C1. The highest BCUT2D eigenvalue weighted by Crippen LogP contribution is 2.24. The smallest absolute Gasteiger partial charge is 0.407 e. The zero-order chi connectivity index (χ0) is 13.8. The number of ether oxygens (including phenoxy) is 2. The van der Waals surface area contributed by atoms with Gasteiger partial charge in [-0.3, -0.25) is 0 Å². The van der Waals surface area contributed by atoms with Crippen LogP contribution in [0.25, 0.3) is 0 Å². The molecule has 0 saturated heterocycles. The minimum absolute atomic E-state index is 0.00521. The first-order chi connectivity index (χ1) is 8.31. The summed E-state index contributed by atoms with van der Waals surface area (Å²) in [6.07, 6.45) is 2.44. The van der Waals surface area contributed by atoms with Gasteiger partial charge in [0, 0.05) is 25.8 Å². The molecule has 106 valence electrons. The van der Waals surface area contributed by atoms with Crippen LogP contribution < -0.4 is 11.1 Å². The summed E-state index contributed by atoms with van der Waals surface area (Å²) >= 11 is 0. The molecule has 5 nitrogen and oxygen atoms in total. The number of amides is 1. The monoisotopic (exact) mass is 258 g/mol. The molecule has 0 aromatic heterocycles. The lowest BCUT2D eigenvalue weighted by atomic mass is 9.83. The van der Waals surface area contributed by atoms with E-state index in [4.69, 9.17) is 15.2 Å². The van der Waals surface area contributed by atoms with Gasteiger partial charge in [0.1, 0.15) is 5.60 Å². The van der Waals surface area contributed by atoms with Crippen molar-refractivity contribution in [2.45, 2.75) is 57.7 Å². The summed E-state index contributed by atoms with van der Waals surface area (Å²) < 4.78 is 10.4. The van der Waals surface area contributed by atoms with E-state index < -0.39 is 5.60 Å². The molecule has 1 aliphatic carbocycles. The minimum Gasteiger partial charge on any atom is -0.444 e. The minimum atomic E-state index is -0.477. The Morgan fingerprint density at radius 2 is 2.06 bits per heavy atom. The lowest BCUT2D eigenvalue weighted by Crippen LogP contribution is -2.52. The van der Waals surface area contributed by atoms with Gasteiger partial charge in [0.2, 0.25) is 0 Å². The molecule has 0 aromatic carbocycles. The maximum absolute atomic E-state index is 11.7. The molecule has 1 rings (SSSR count). The Labute approximate surface area is 109 Å². The first-order valence-corrected chi connectivity index (χ1v) is 6.56. The van der Waals surface area contributed by atoms with Crippen molar-refractivity contribution in [3.8, 4) is 0 Å². The third-order valence-electron chi connectivity index (χ3n) is 3.12. The Morgan fingerprint density at radius 3 is 2.61 bits per heavy atom. The van der Waals surface area contributed by atoms with Crippen molar-refractivity contribution in [3.63, 3.8) is 0 Å². The van der Waals surface area contributed by atoms with E-state index in [1.54, 1.807) is 7.11 Å². The molecule has 0 radical (unpaired) electrons. The molecule has 0 aliphatic heterocycles. The maximum Gasteiger partial charge on any atom is 0.407 e. The normalized spacial score (nSPS) is 28.8. The van der Waals surface area contributed by atoms with Crippen LogP contribution in [0.4, 0.5) is 4.79 Å². The number of hydrogen-bond acceptors (Lipinski definition) is 4. The topological polar surface area (TPSA) is 73.6 Å². The first kappa shape index (κ1) is 15.2. The largest absolute Gasteiger partial charge is 0.444 e. The fourth-order valence-electron chi connectivity index (χ4n) is 2.29. The summed E-state index contributed by atoms with van der Waals surface area (Å²) in [5.41, 5.74) is 5.56. The highest BCUT2D eigenvalue weighted by Gasteiger charge is 2.30. The number of methoxy groups -OCH3 is 1. The van der Waals surface area contributed by atoms with Gasteiger partial charge in [0.25, 0.3) is 0 Å². The average molecular weight is 258 g/mol. The molecule has 1 aliphatic rings. The molecule has 3 N–H and O–H groups in total. The number of hydrogen-bond donors (Lipinski definition) is 2. The zero-order valence-electron chi connectivity index (χ0n) is 11.9. The molecule has 0 bridgehead atoms. The summed E-state index contributed by atoms with van der Waals surface area (Å²) in [5, 5.41) is 2.87. The molecule has 1 fully saturated rings. The van der Waals surface area contributed by atoms with Gasteiger partial charge >= 0.3 is 6.09 Å². The number of rotatable bonds is 3. The van der Waals surface area contributed by atoms with E-state index >= 15 is 0 Å². The first-order valence-electron chi connectivity index (χ1n) is 6.56. The summed E-state index contributed by atoms with van der Waals surface area (Å²) in [4.78, 5) is 11.7. The molecule has 0 spiro atoms. The molecule has 0 heterocycles. The van der Waals surface area contributed by atoms with Crippen LogP contribution >= 0.6 is 0 Å². The molecular weight excluding hydrogens is 232 g/mol. The number of carbonyl (C=O) groups is 1. The molecule has 3 atom stereocenters. The molecule has 1 amide bonds. The van der Waals surface area contributed by atoms with Crippen LogP contribution in [-0.4, -0.2) is 37.5 Å². The molecule has 1 saturated carbocycles. The second-order valence-corrected chi connectivity index (χ2v) is 6.05. The van der Waals surface area contributed by atoms with Gasteiger partial charge in [-0.15, -0.1) is 0 Å². The average Bonchev–Trinajstić information content (AvgIpc) is 2.20. The summed E-state index contributed by atoms with van der Waals surface area (Å²) in [6, 6.07) is -0.0145. The van der Waals surface area contributed by atoms with Crippen molar-refractivity contribution in [3.05, 3.63) is 0 Å². The van der Waals surface area contributed by atoms with Crippen molar-refractivity contribution in [1.29, 1.82) is 0 Å². The number of nitrogens with one attached hydrogen (secondary N) is 1. The van der Waals surface area contributed by atoms with Crippen LogP contribution in [0.5, 0.6) is 0 Å². The van der Waals surface area contributed by atoms with E-state index in [9.17, 15) is 4.79 Å². The maximum atomic E-state index is 11.7. The number of alkyl carbamates (subject to hydrolysis) is 1. The predicted octanol–water partition coefficient (Wildman–Crippen LogP) is 1.65. The Bertz CT molecular complexity index is 276. The molecule has 0 aromatic rings. The summed E-state index contributed by atoms with van der Waals surface area (Å²) in [7, 11) is 1.70. The Balaban J connectivity index is 2.45.